The van der Waals surface area contributed by atoms with E-state index >= 15 is 0 Å². The molecule has 3 N–H and O–H groups in total. The number of anilines is 6. The van der Waals surface area contributed by atoms with Gasteiger partial charge in [0.1, 0.15) is 53.0 Å². The highest BCUT2D eigenvalue weighted by Gasteiger charge is 2.34. The lowest BCUT2D eigenvalue weighted by molar-refractivity contribution is -0.131. The fourth-order valence-corrected chi connectivity index (χ4v) is 16.9. The number of phenolic OH excluding ortho intramolecular Hbond substituents is 2. The van der Waals surface area contributed by atoms with Crippen molar-refractivity contribution in [3.05, 3.63) is 167 Å². The molecule has 3 fully saturated rings. The number of rotatable bonds is 27. The summed E-state index contributed by atoms with van der Waals surface area (Å²) in [5.41, 5.74) is 9.86. The minimum atomic E-state index is -0.892. The van der Waals surface area contributed by atoms with E-state index in [1.54, 1.807) is 25.3 Å². The van der Waals surface area contributed by atoms with Crippen molar-refractivity contribution in [2.24, 2.45) is 0 Å². The average molecular weight is 1740 g/mol. The molecule has 9 aromatic rings. The van der Waals surface area contributed by atoms with Gasteiger partial charge in [0.15, 0.2) is 6.79 Å². The molecule has 6 aliphatic heterocycles. The summed E-state index contributed by atoms with van der Waals surface area (Å²) in [5.74, 6) is 3.53. The first-order valence-electron chi connectivity index (χ1n) is 43.2. The molecule has 9 heterocycles. The Balaban J connectivity index is 0.000000184. The lowest BCUT2D eigenvalue weighted by atomic mass is 10.0. The standard InChI is InChI=1S/C32H43N7O3.C29H39N5O3.C27H35N5O2.C6H11NO2.2ClH/c1-23(21-36(4)5)42-32-33-28-22-39(29-20-25(40)19-24-9-6-7-10-26(24)29)14-12-27(28)31(34-32)38-17-15-37(16-18-38)30(41)11-8-13-35(2)3;1-21(18-32(2)3)37-29-30-26-19-34(15-12-25(26)28(31-29)33-13-8-5-9-14-33)27-17-23(36-20-35-4)16-22-10-6-7-11-24(22)27;1-19(17-30(2)3)34-27-28-24-18-32(25-16-21(33)15-20-9-5-6-10-22(20)25)14-11-23(24)26(29-27)31-12-7-4-8-13-31;1-7(2)5-3-4-6(8)9;;/h6-11,19-20,23,40H,12-18,21-22H2,1-5H3;6-7,10-11,16-17,21H,5,8-9,12-15,18-20H2,1-4H3;5-6,9-10,15-16,19,33H,4,7-8,11-14,17-18H2,1-3H3;3-4H,5H2,1-2H3,(H,8,9);2*1H/b11-8+;;;4-3+;;/t23-;21-;19-;;;/m111.../s1. The number of fused-ring (bicyclic) bond motifs is 6. The summed E-state index contributed by atoms with van der Waals surface area (Å²) in [5, 5.41) is 35.6. The van der Waals surface area contributed by atoms with E-state index in [9.17, 15) is 19.8 Å². The lowest BCUT2D eigenvalue weighted by Crippen LogP contribution is -2.49. The van der Waals surface area contributed by atoms with Gasteiger partial charge in [0, 0.05) is 192 Å². The molecule has 30 heteroatoms. The number of carboxylic acid groups (broad SMARTS) is 1. The Morgan fingerprint density at radius 2 is 0.766 bits per heavy atom. The van der Waals surface area contributed by atoms with Crippen LogP contribution in [0.2, 0.25) is 0 Å². The van der Waals surface area contributed by atoms with Crippen LogP contribution in [0.25, 0.3) is 32.3 Å². The molecule has 0 saturated carbocycles. The van der Waals surface area contributed by atoms with Crippen molar-refractivity contribution >= 4 is 104 Å². The van der Waals surface area contributed by atoms with Crippen molar-refractivity contribution in [1.82, 2.24) is 59.3 Å². The number of aliphatic carboxylic acids is 1. The van der Waals surface area contributed by atoms with Crippen LogP contribution < -0.4 is 48.3 Å². The predicted octanol–water partition coefficient (Wildman–Crippen LogP) is 12.7. The number of aromatic nitrogens is 6. The number of hydrogen-bond donors (Lipinski definition) is 3. The number of phenols is 2. The number of carbonyl (C=O) groups is 2. The van der Waals surface area contributed by atoms with Gasteiger partial charge >= 0.3 is 24.0 Å². The van der Waals surface area contributed by atoms with Gasteiger partial charge in [-0.2, -0.15) is 29.9 Å². The molecule has 28 nitrogen and oxygen atoms in total. The second kappa shape index (κ2) is 46.1. The van der Waals surface area contributed by atoms with Gasteiger partial charge in [-0.1, -0.05) is 84.9 Å². The zero-order chi connectivity index (χ0) is 86.5. The molecule has 3 aromatic heterocycles. The number of ether oxygens (including phenoxy) is 5. The molecular formula is C94H130Cl2N18O10. The summed E-state index contributed by atoms with van der Waals surface area (Å²) in [7, 11) is 21.6. The molecule has 3 atom stereocenters. The summed E-state index contributed by atoms with van der Waals surface area (Å²) < 4.78 is 29.7. The van der Waals surface area contributed by atoms with E-state index in [-0.39, 0.29) is 67.3 Å². The molecule has 1 amide bonds. The summed E-state index contributed by atoms with van der Waals surface area (Å²) in [6, 6.07) is 37.7. The van der Waals surface area contributed by atoms with Crippen molar-refractivity contribution in [3.63, 3.8) is 0 Å². The second-order valence-electron chi connectivity index (χ2n) is 34.0. The average Bonchev–Trinajstić information content (AvgIpc) is 0.773. The Hall–Kier alpha value is -10.3. The zero-order valence-electron chi connectivity index (χ0n) is 75.0. The Morgan fingerprint density at radius 3 is 1.12 bits per heavy atom. The van der Waals surface area contributed by atoms with Crippen LogP contribution in [-0.4, -0.2) is 294 Å². The van der Waals surface area contributed by atoms with Gasteiger partial charge in [0.05, 0.1) is 36.7 Å². The highest BCUT2D eigenvalue weighted by molar-refractivity contribution is 5.98. The molecule has 0 bridgehead atoms. The van der Waals surface area contributed by atoms with Crippen LogP contribution in [0.4, 0.5) is 34.5 Å². The number of piperidine rings is 2. The van der Waals surface area contributed by atoms with E-state index in [1.165, 1.54) is 55.0 Å². The van der Waals surface area contributed by atoms with Gasteiger partial charge in [-0.3, -0.25) is 4.79 Å². The Morgan fingerprint density at radius 1 is 0.419 bits per heavy atom. The molecular weight excluding hydrogens is 1610 g/mol. The number of hydrogen-bond acceptors (Lipinski definition) is 26. The zero-order valence-corrected chi connectivity index (χ0v) is 76.6. The molecule has 124 heavy (non-hydrogen) atoms. The molecule has 0 unspecified atom stereocenters. The predicted molar refractivity (Wildman–Crippen MR) is 502 cm³/mol. The largest absolute Gasteiger partial charge is 0.508 e. The van der Waals surface area contributed by atoms with Crippen LogP contribution in [0.3, 0.4) is 0 Å². The maximum absolute atomic E-state index is 12.7. The van der Waals surface area contributed by atoms with E-state index < -0.39 is 5.97 Å². The Kier molecular flexibility index (Phi) is 35.6. The van der Waals surface area contributed by atoms with Crippen LogP contribution in [0.5, 0.6) is 35.3 Å². The maximum atomic E-state index is 12.7. The normalized spacial score (nSPS) is 16.1. The fraction of sp³-hybridized carbons (Fsp3) is 0.489. The van der Waals surface area contributed by atoms with Crippen LogP contribution in [-0.2, 0) is 53.2 Å². The number of amides is 1. The Labute approximate surface area is 744 Å². The van der Waals surface area contributed by atoms with Crippen LogP contribution in [0.15, 0.2) is 133 Å². The van der Waals surface area contributed by atoms with Crippen molar-refractivity contribution in [1.29, 1.82) is 0 Å². The van der Waals surface area contributed by atoms with E-state index in [4.69, 9.17) is 58.7 Å². The third-order valence-electron chi connectivity index (χ3n) is 22.3. The number of halogens is 2. The highest BCUT2D eigenvalue weighted by Crippen LogP contribution is 2.42. The number of likely N-dealkylation sites (N-methyl/N-ethyl adjacent to an activating group) is 5. The van der Waals surface area contributed by atoms with Crippen molar-refractivity contribution in [2.45, 2.75) is 117 Å². The van der Waals surface area contributed by atoms with Gasteiger partial charge in [-0.05, 0) is 183 Å². The first kappa shape index (κ1) is 95.9. The number of piperazine rings is 1. The number of carboxylic acids is 1. The van der Waals surface area contributed by atoms with Crippen molar-refractivity contribution in [2.75, 3.05) is 218 Å². The number of methoxy groups -OCH3 is 1. The topological polar surface area (TPSA) is 257 Å². The van der Waals surface area contributed by atoms with Crippen molar-refractivity contribution in [3.8, 4) is 35.3 Å². The Bertz CT molecular complexity index is 5040. The number of benzene rings is 6. The minimum absolute atomic E-state index is 0. The molecule has 3 saturated heterocycles. The van der Waals surface area contributed by atoms with Gasteiger partial charge < -0.3 is 97.8 Å². The summed E-state index contributed by atoms with van der Waals surface area (Å²) in [6.07, 6.45) is 16.2. The van der Waals surface area contributed by atoms with E-state index in [0.717, 1.165) is 187 Å². The summed E-state index contributed by atoms with van der Waals surface area (Å²) >= 11 is 0. The second-order valence-corrected chi connectivity index (χ2v) is 34.0. The third-order valence-corrected chi connectivity index (χ3v) is 22.3. The first-order valence-corrected chi connectivity index (χ1v) is 43.2. The summed E-state index contributed by atoms with van der Waals surface area (Å²) in [6.45, 7) is 21.5. The van der Waals surface area contributed by atoms with Gasteiger partial charge in [-0.25, -0.2) is 4.79 Å². The lowest BCUT2D eigenvalue weighted by Gasteiger charge is -2.38. The van der Waals surface area contributed by atoms with Gasteiger partial charge in [0.2, 0.25) is 5.91 Å². The van der Waals surface area contributed by atoms with Gasteiger partial charge in [0.25, 0.3) is 0 Å². The SMILES string of the molecule is CN(C)C/C=C/C(=O)O.COCOc1cc(N2CCc3c(nc(O[C@H](C)CN(C)C)nc3N3CCCCC3)C2)c2ccccc2c1.C[C@H](CN(C)C)Oc1nc2c(c(N3CCCCC3)n1)CCN(c1cc(O)cc3ccccc13)C2.C[C@H](CN(C)C)Oc1nc2c(c(N3CCN(C(=O)/C=C/CN(C)C)CC3)n1)CCN(c1cc(O)cc3ccccc13)C2.Cl.Cl. The fourth-order valence-electron chi connectivity index (χ4n) is 16.9. The van der Waals surface area contributed by atoms with Gasteiger partial charge in [-0.15, -0.1) is 24.8 Å². The van der Waals surface area contributed by atoms with E-state index in [1.807, 2.05) is 133 Å². The molecule has 6 aliphatic rings. The third kappa shape index (κ3) is 26.4. The maximum Gasteiger partial charge on any atom is 0.328 e. The monoisotopic (exact) mass is 1740 g/mol. The van der Waals surface area contributed by atoms with Crippen molar-refractivity contribution < 1.29 is 48.6 Å². The molecule has 0 radical (unpaired) electrons. The molecule has 15 rings (SSSR count). The van der Waals surface area contributed by atoms with Crippen LogP contribution in [0.1, 0.15) is 93.1 Å². The summed E-state index contributed by atoms with van der Waals surface area (Å²) in [4.78, 5) is 78.6. The number of carbonyl (C=O) groups excluding carboxylic acids is 1. The van der Waals surface area contributed by atoms with E-state index in [0.29, 0.717) is 70.4 Å². The van der Waals surface area contributed by atoms with Crippen LogP contribution in [0, 0.1) is 0 Å². The van der Waals surface area contributed by atoms with Crippen LogP contribution >= 0.6 is 24.8 Å². The highest BCUT2D eigenvalue weighted by atomic mass is 35.5. The molecule has 0 spiro atoms. The molecule has 670 valence electrons. The first-order chi connectivity index (χ1) is 58.8. The quantitative estimate of drug-likeness (QED) is 0.0319. The number of nitrogens with zero attached hydrogens (tertiary/aromatic N) is 18. The molecule has 6 aromatic carbocycles. The number of aromatic hydroxyl groups is 2. The smallest absolute Gasteiger partial charge is 0.328 e. The minimum Gasteiger partial charge on any atom is -0.508 e. The van der Waals surface area contributed by atoms with E-state index in [2.05, 4.69) is 127 Å². The molecule has 0 aliphatic carbocycles.